The first-order chi connectivity index (χ1) is 8.22. The molecule has 0 saturated carbocycles. The van der Waals surface area contributed by atoms with Gasteiger partial charge in [-0.05, 0) is 6.92 Å². The molecule has 0 amide bonds. The summed E-state index contributed by atoms with van der Waals surface area (Å²) in [6, 6.07) is 0. The molecule has 6 nitrogen and oxygen atoms in total. The Kier molecular flexibility index (Phi) is 5.36. The highest BCUT2D eigenvalue weighted by Crippen LogP contribution is 2.06. The Labute approximate surface area is 106 Å². The zero-order valence-electron chi connectivity index (χ0n) is 9.93. The molecule has 0 aliphatic carbocycles. The topological polar surface area (TPSA) is 80.1 Å². The molecule has 0 saturated heterocycles. The molecule has 0 radical (unpaired) electrons. The summed E-state index contributed by atoms with van der Waals surface area (Å²) < 4.78 is 0. The molecule has 92 valence electrons. The summed E-state index contributed by atoms with van der Waals surface area (Å²) in [6.07, 6.45) is 3.54. The summed E-state index contributed by atoms with van der Waals surface area (Å²) in [7, 11) is 1.64. The highest BCUT2D eigenvalue weighted by molar-refractivity contribution is 7.80. The fraction of sp³-hybridized carbons (Fsp3) is 0.500. The van der Waals surface area contributed by atoms with Gasteiger partial charge in [-0.2, -0.15) is 17.9 Å². The van der Waals surface area contributed by atoms with Crippen LogP contribution < -0.4 is 5.32 Å². The lowest BCUT2D eigenvalue weighted by Gasteiger charge is -2.23. The quantitative estimate of drug-likeness (QED) is 0.240. The Morgan fingerprint density at radius 3 is 3.00 bits per heavy atom. The van der Waals surface area contributed by atoms with Gasteiger partial charge in [0, 0.05) is 19.3 Å². The lowest BCUT2D eigenvalue weighted by Crippen LogP contribution is -2.40. The van der Waals surface area contributed by atoms with Gasteiger partial charge < -0.3 is 9.88 Å². The fourth-order valence-electron chi connectivity index (χ4n) is 1.45. The molecular formula is C10H16N6S. The maximum Gasteiger partial charge on any atom is 0.207 e. The van der Waals surface area contributed by atoms with Gasteiger partial charge in [-0.1, -0.05) is 0 Å². The van der Waals surface area contributed by atoms with Crippen molar-refractivity contribution in [2.45, 2.75) is 13.5 Å². The van der Waals surface area contributed by atoms with E-state index in [1.165, 1.54) is 0 Å². The maximum atomic E-state index is 8.66. The van der Waals surface area contributed by atoms with Crippen LogP contribution in [0, 0.1) is 18.4 Å². The molecule has 0 aromatic carbocycles. The molecule has 1 rings (SSSR count). The van der Waals surface area contributed by atoms with Crippen molar-refractivity contribution in [1.82, 2.24) is 20.2 Å². The van der Waals surface area contributed by atoms with E-state index in [2.05, 4.69) is 32.9 Å². The van der Waals surface area contributed by atoms with E-state index in [4.69, 9.17) is 5.26 Å². The minimum Gasteiger partial charge on any atom is -0.347 e. The van der Waals surface area contributed by atoms with E-state index in [1.54, 1.807) is 13.4 Å². The molecule has 1 aromatic rings. The highest BCUT2D eigenvalue weighted by Gasteiger charge is 2.12. The van der Waals surface area contributed by atoms with Crippen molar-refractivity contribution in [2.24, 2.45) is 4.99 Å². The van der Waals surface area contributed by atoms with E-state index in [0.29, 0.717) is 24.8 Å². The number of guanidine groups is 1. The van der Waals surface area contributed by atoms with Crippen molar-refractivity contribution in [3.05, 3.63) is 17.7 Å². The molecule has 0 aliphatic heterocycles. The highest BCUT2D eigenvalue weighted by atomic mass is 32.1. The van der Waals surface area contributed by atoms with Crippen molar-refractivity contribution >= 4 is 18.6 Å². The van der Waals surface area contributed by atoms with Gasteiger partial charge in [0.1, 0.15) is 0 Å². The van der Waals surface area contributed by atoms with Crippen LogP contribution in [0.2, 0.25) is 0 Å². The number of aliphatic imine (C=N–C) groups is 1. The van der Waals surface area contributed by atoms with Crippen molar-refractivity contribution in [3.8, 4) is 6.19 Å². The smallest absolute Gasteiger partial charge is 0.207 e. The van der Waals surface area contributed by atoms with Gasteiger partial charge in [-0.25, -0.2) is 4.98 Å². The van der Waals surface area contributed by atoms with Crippen LogP contribution in [0.4, 0.5) is 0 Å². The Bertz CT molecular complexity index is 419. The first-order valence-electron chi connectivity index (χ1n) is 5.19. The maximum absolute atomic E-state index is 8.66. The Morgan fingerprint density at radius 1 is 1.76 bits per heavy atom. The monoisotopic (exact) mass is 252 g/mol. The van der Waals surface area contributed by atoms with E-state index in [9.17, 15) is 0 Å². The number of aromatic nitrogens is 2. The minimum atomic E-state index is 0.538. The van der Waals surface area contributed by atoms with Crippen molar-refractivity contribution in [2.75, 3.05) is 19.3 Å². The van der Waals surface area contributed by atoms with Crippen LogP contribution in [0.3, 0.4) is 0 Å². The summed E-state index contributed by atoms with van der Waals surface area (Å²) in [5.41, 5.74) is 1.95. The number of aryl methyl sites for hydroxylation is 1. The normalized spacial score (nSPS) is 11.1. The first kappa shape index (κ1) is 13.4. The number of nitrogens with one attached hydrogen (secondary N) is 2. The van der Waals surface area contributed by atoms with Gasteiger partial charge >= 0.3 is 0 Å². The molecule has 1 aromatic heterocycles. The third kappa shape index (κ3) is 3.67. The number of aromatic amines is 1. The van der Waals surface area contributed by atoms with Crippen molar-refractivity contribution in [3.63, 3.8) is 0 Å². The third-order valence-corrected chi connectivity index (χ3v) is 2.53. The first-order valence-corrected chi connectivity index (χ1v) is 5.82. The summed E-state index contributed by atoms with van der Waals surface area (Å²) in [4.78, 5) is 13.2. The second-order valence-electron chi connectivity index (χ2n) is 3.40. The van der Waals surface area contributed by atoms with Crippen molar-refractivity contribution in [1.29, 1.82) is 5.26 Å². The van der Waals surface area contributed by atoms with Gasteiger partial charge in [-0.15, -0.1) is 0 Å². The molecule has 0 bridgehead atoms. The number of thiol groups is 1. The molecule has 2 N–H and O–H groups in total. The van der Waals surface area contributed by atoms with Crippen LogP contribution >= 0.6 is 12.6 Å². The van der Waals surface area contributed by atoms with E-state index in [0.717, 1.165) is 11.4 Å². The van der Waals surface area contributed by atoms with Crippen LogP contribution in [0.5, 0.6) is 0 Å². The van der Waals surface area contributed by atoms with E-state index in [-0.39, 0.29) is 0 Å². The largest absolute Gasteiger partial charge is 0.347 e. The minimum absolute atomic E-state index is 0.538. The number of imidazole rings is 1. The molecular weight excluding hydrogens is 236 g/mol. The SMILES string of the molecule is CN=C(NC#N)N(CCS)Cc1[nH]cnc1C. The van der Waals surface area contributed by atoms with Gasteiger partial charge in [0.05, 0.1) is 24.3 Å². The summed E-state index contributed by atoms with van der Waals surface area (Å²) in [6.45, 7) is 3.25. The summed E-state index contributed by atoms with van der Waals surface area (Å²) >= 11 is 4.21. The van der Waals surface area contributed by atoms with E-state index >= 15 is 0 Å². The van der Waals surface area contributed by atoms with Crippen molar-refractivity contribution < 1.29 is 0 Å². The zero-order chi connectivity index (χ0) is 12.7. The van der Waals surface area contributed by atoms with Crippen LogP contribution in [-0.4, -0.2) is 40.2 Å². The van der Waals surface area contributed by atoms with Crippen LogP contribution in [0.1, 0.15) is 11.4 Å². The molecule has 17 heavy (non-hydrogen) atoms. The van der Waals surface area contributed by atoms with Gasteiger partial charge in [-0.3, -0.25) is 10.3 Å². The average Bonchev–Trinajstić information content (AvgIpc) is 2.71. The average molecular weight is 252 g/mol. The van der Waals surface area contributed by atoms with Gasteiger partial charge in [0.25, 0.3) is 0 Å². The van der Waals surface area contributed by atoms with Crippen LogP contribution in [0.15, 0.2) is 11.3 Å². The molecule has 1 heterocycles. The molecule has 0 fully saturated rings. The molecule has 0 unspecified atom stereocenters. The Hall–Kier alpha value is -1.68. The fourth-order valence-corrected chi connectivity index (χ4v) is 1.69. The number of nitrogens with zero attached hydrogens (tertiary/aromatic N) is 4. The summed E-state index contributed by atoms with van der Waals surface area (Å²) in [5.74, 6) is 1.22. The lowest BCUT2D eigenvalue weighted by molar-refractivity contribution is 0.421. The zero-order valence-corrected chi connectivity index (χ0v) is 10.8. The predicted molar refractivity (Wildman–Crippen MR) is 69.7 cm³/mol. The number of rotatable bonds is 4. The predicted octanol–water partition coefficient (Wildman–Crippen LogP) is 0.506. The van der Waals surface area contributed by atoms with Gasteiger partial charge in [0.2, 0.25) is 5.96 Å². The van der Waals surface area contributed by atoms with Gasteiger partial charge in [0.15, 0.2) is 6.19 Å². The number of hydrogen-bond acceptors (Lipinski definition) is 4. The van der Waals surface area contributed by atoms with E-state index < -0.39 is 0 Å². The lowest BCUT2D eigenvalue weighted by atomic mass is 10.3. The number of nitriles is 1. The molecule has 0 spiro atoms. The Morgan fingerprint density at radius 2 is 2.53 bits per heavy atom. The molecule has 7 heteroatoms. The Balaban J connectivity index is 2.79. The molecule has 0 atom stereocenters. The van der Waals surface area contributed by atoms with Crippen LogP contribution in [-0.2, 0) is 6.54 Å². The summed E-state index contributed by atoms with van der Waals surface area (Å²) in [5, 5.41) is 11.2. The standard InChI is InChI=1S/C10H16N6S/c1-8-9(15-7-14-8)5-16(3-4-17)10(12-2)13-6-11/h7,17H,3-5H2,1-2H3,(H,12,13)(H,14,15). The second-order valence-corrected chi connectivity index (χ2v) is 3.84. The molecule has 0 aliphatic rings. The number of hydrogen-bond donors (Lipinski definition) is 3. The second kappa shape index (κ2) is 6.81. The van der Waals surface area contributed by atoms with E-state index in [1.807, 2.05) is 18.0 Å². The van der Waals surface area contributed by atoms with Crippen LogP contribution in [0.25, 0.3) is 0 Å². The third-order valence-electron chi connectivity index (χ3n) is 2.33. The number of H-pyrrole nitrogens is 1.